The second kappa shape index (κ2) is 14.9. The first-order chi connectivity index (χ1) is 37.7. The molecule has 7 heterocycles. The number of aromatic nitrogens is 4. The van der Waals surface area contributed by atoms with Gasteiger partial charge in [-0.15, -0.1) is 0 Å². The molecule has 0 aliphatic heterocycles. The van der Waals surface area contributed by atoms with Gasteiger partial charge in [-0.2, -0.15) is 10.5 Å². The molecule has 17 aromatic rings. The normalized spacial score (nSPS) is 12.2. The quantitative estimate of drug-likeness (QED) is 0.173. The summed E-state index contributed by atoms with van der Waals surface area (Å²) in [6.07, 6.45) is 3.58. The van der Waals surface area contributed by atoms with Crippen molar-refractivity contribution in [1.29, 1.82) is 10.5 Å². The molecule has 0 unspecified atom stereocenters. The summed E-state index contributed by atoms with van der Waals surface area (Å²) in [6.45, 7) is 0. The average Bonchev–Trinajstić information content (AvgIpc) is 4.49. The van der Waals surface area contributed by atoms with Crippen molar-refractivity contribution in [2.24, 2.45) is 0 Å². The lowest BCUT2D eigenvalue weighted by atomic mass is 9.91. The topological polar surface area (TPSA) is 115 Å². The van der Waals surface area contributed by atoms with Crippen molar-refractivity contribution in [3.63, 3.8) is 0 Å². The summed E-state index contributed by atoms with van der Waals surface area (Å²) in [4.78, 5) is 4.79. The maximum Gasteiger partial charge on any atom is 0.137 e. The lowest BCUT2D eigenvalue weighted by Crippen LogP contribution is -2.14. The summed E-state index contributed by atoms with van der Waals surface area (Å²) in [5.74, 6) is 0. The van der Waals surface area contributed by atoms with Crippen LogP contribution >= 0.6 is 0 Å². The largest absolute Gasteiger partial charge is 0.456 e. The summed E-state index contributed by atoms with van der Waals surface area (Å²) in [6, 6.07) is 71.5. The van der Waals surface area contributed by atoms with Gasteiger partial charge in [0.1, 0.15) is 51.2 Å². The predicted molar refractivity (Wildman–Crippen MR) is 304 cm³/mol. The lowest BCUT2D eigenvalue weighted by Gasteiger charge is -2.26. The highest BCUT2D eigenvalue weighted by Crippen LogP contribution is 2.52. The third-order valence-electron chi connectivity index (χ3n) is 15.8. The molecule has 17 rings (SSSR count). The molecule has 9 nitrogen and oxygen atoms in total. The fraction of sp³-hybridized carbons (Fsp3) is 0. The van der Waals surface area contributed by atoms with Crippen LogP contribution in [0.25, 0.3) is 159 Å². The van der Waals surface area contributed by atoms with Crippen molar-refractivity contribution in [2.45, 2.75) is 0 Å². The van der Waals surface area contributed by atoms with Crippen LogP contribution in [0.5, 0.6) is 0 Å². The third kappa shape index (κ3) is 5.12. The van der Waals surface area contributed by atoms with E-state index in [4.69, 9.17) is 18.2 Å². The average molecular weight is 971 g/mol. The monoisotopic (exact) mass is 970 g/mol. The Kier molecular flexibility index (Phi) is 7.96. The molecule has 7 aromatic heterocycles. The zero-order chi connectivity index (χ0) is 49.9. The van der Waals surface area contributed by atoms with Crippen LogP contribution in [0.4, 0.5) is 0 Å². The minimum Gasteiger partial charge on any atom is -0.456 e. The Morgan fingerprint density at radius 2 is 0.711 bits per heavy atom. The van der Waals surface area contributed by atoms with Crippen LogP contribution in [0.3, 0.4) is 0 Å². The summed E-state index contributed by atoms with van der Waals surface area (Å²) < 4.78 is 26.8. The molecule has 0 N–H and O–H groups in total. The SMILES string of the molecule is N#Cc1c(-c2cccnc2)c(-n2c3ccccc3c3ccc4oc5ccccc5c4c32)c(-n2c3ccccc3c3ccc4oc5ccccc5c4c32)c(C#N)c1-n1c2ccccc2c2ccc3oc4ccccc4c3c21. The summed E-state index contributed by atoms with van der Waals surface area (Å²) in [5, 5.41) is 36.5. The minimum absolute atomic E-state index is 0.286. The fourth-order valence-electron chi connectivity index (χ4n) is 12.9. The molecule has 0 saturated heterocycles. The number of rotatable bonds is 4. The van der Waals surface area contributed by atoms with E-state index in [1.165, 1.54) is 0 Å². The van der Waals surface area contributed by atoms with Crippen molar-refractivity contribution in [2.75, 3.05) is 0 Å². The molecule has 0 bridgehead atoms. The van der Waals surface area contributed by atoms with E-state index in [0.29, 0.717) is 50.5 Å². The first-order valence-corrected chi connectivity index (χ1v) is 25.1. The summed E-state index contributed by atoms with van der Waals surface area (Å²) >= 11 is 0. The number of nitrogens with zero attached hydrogens (tertiary/aromatic N) is 6. The van der Waals surface area contributed by atoms with Crippen molar-refractivity contribution < 1.29 is 13.3 Å². The number of para-hydroxylation sites is 6. The molecule has 0 atom stereocenters. The Morgan fingerprint density at radius 3 is 1.12 bits per heavy atom. The predicted octanol–water partition coefficient (Wildman–Crippen LogP) is 17.5. The molecule has 9 heteroatoms. The highest BCUT2D eigenvalue weighted by atomic mass is 16.3. The van der Waals surface area contributed by atoms with Crippen LogP contribution in [0, 0.1) is 22.7 Å². The van der Waals surface area contributed by atoms with Crippen molar-refractivity contribution >= 4 is 131 Å². The van der Waals surface area contributed by atoms with Gasteiger partial charge in [-0.25, -0.2) is 0 Å². The standard InChI is InChI=1S/C67H34N6O3/c68-34-47-58(37-14-13-33-70-36-37)67(73-51-23-9-3-17-40(51)43-29-32-57-61(65(43)73)46-20-6-12-26-54(46)76-57)66(72-50-22-8-2-16-39(50)42-28-31-56-60(64(42)72)45-19-5-11-25-53(45)75-56)48(35-69)62(47)71-49-21-7-1-15-38(49)41-27-30-55-59(63(41)71)44-18-4-10-24-52(44)74-55/h1-33,36H. The molecule has 0 saturated carbocycles. The van der Waals surface area contributed by atoms with E-state index >= 15 is 0 Å². The molecule has 0 amide bonds. The van der Waals surface area contributed by atoms with Gasteiger partial charge in [0.05, 0.1) is 71.9 Å². The molecule has 0 radical (unpaired) electrons. The Bertz CT molecular complexity index is 5510. The lowest BCUT2D eigenvalue weighted by molar-refractivity contribution is 0.668. The second-order valence-corrected chi connectivity index (χ2v) is 19.5. The maximum absolute atomic E-state index is 12.7. The fourth-order valence-corrected chi connectivity index (χ4v) is 12.9. The Balaban J connectivity index is 1.21. The van der Waals surface area contributed by atoms with Crippen molar-refractivity contribution in [1.82, 2.24) is 18.7 Å². The Labute approximate surface area is 429 Å². The van der Waals surface area contributed by atoms with E-state index in [1.807, 2.05) is 91.1 Å². The Morgan fingerprint density at radius 1 is 0.329 bits per heavy atom. The van der Waals surface area contributed by atoms with Gasteiger partial charge in [0.15, 0.2) is 0 Å². The molecular formula is C67H34N6O3. The molecule has 10 aromatic carbocycles. The van der Waals surface area contributed by atoms with E-state index in [1.54, 1.807) is 6.20 Å². The third-order valence-corrected chi connectivity index (χ3v) is 15.8. The van der Waals surface area contributed by atoms with Crippen LogP contribution in [0.2, 0.25) is 0 Å². The first kappa shape index (κ1) is 40.7. The number of nitriles is 2. The molecule has 76 heavy (non-hydrogen) atoms. The van der Waals surface area contributed by atoms with Gasteiger partial charge in [-0.05, 0) is 78.9 Å². The Hall–Kier alpha value is -10.9. The molecule has 0 aliphatic rings. The number of hydrogen-bond acceptors (Lipinski definition) is 6. The van der Waals surface area contributed by atoms with E-state index in [9.17, 15) is 10.5 Å². The van der Waals surface area contributed by atoms with Gasteiger partial charge in [0.25, 0.3) is 0 Å². The van der Waals surface area contributed by atoms with Gasteiger partial charge in [-0.1, -0.05) is 115 Å². The second-order valence-electron chi connectivity index (χ2n) is 19.5. The zero-order valence-corrected chi connectivity index (χ0v) is 40.0. The number of benzene rings is 10. The van der Waals surface area contributed by atoms with E-state index < -0.39 is 0 Å². The molecular weight excluding hydrogens is 937 g/mol. The maximum atomic E-state index is 12.7. The van der Waals surface area contributed by atoms with Gasteiger partial charge in [-0.3, -0.25) is 4.98 Å². The van der Waals surface area contributed by atoms with Gasteiger partial charge in [0, 0.05) is 72.0 Å². The van der Waals surface area contributed by atoms with Gasteiger partial charge >= 0.3 is 0 Å². The number of pyridine rings is 1. The minimum atomic E-state index is 0.286. The van der Waals surface area contributed by atoms with Crippen LogP contribution in [-0.2, 0) is 0 Å². The van der Waals surface area contributed by atoms with Crippen molar-refractivity contribution in [3.8, 4) is 40.3 Å². The zero-order valence-electron chi connectivity index (χ0n) is 40.0. The highest BCUT2D eigenvalue weighted by Gasteiger charge is 2.35. The smallest absolute Gasteiger partial charge is 0.137 e. The first-order valence-electron chi connectivity index (χ1n) is 25.1. The molecule has 0 fully saturated rings. The highest BCUT2D eigenvalue weighted by molar-refractivity contribution is 6.28. The van der Waals surface area contributed by atoms with Crippen LogP contribution < -0.4 is 0 Å². The van der Waals surface area contributed by atoms with Gasteiger partial charge in [0.2, 0.25) is 0 Å². The van der Waals surface area contributed by atoms with Crippen LogP contribution in [-0.4, -0.2) is 18.7 Å². The molecule has 350 valence electrons. The van der Waals surface area contributed by atoms with Crippen molar-refractivity contribution in [3.05, 3.63) is 218 Å². The van der Waals surface area contributed by atoms with E-state index in [2.05, 4.69) is 135 Å². The number of fused-ring (bicyclic) bond motifs is 21. The summed E-state index contributed by atoms with van der Waals surface area (Å²) in [5.41, 5.74) is 13.0. The van der Waals surface area contributed by atoms with E-state index in [0.717, 1.165) is 114 Å². The van der Waals surface area contributed by atoms with Gasteiger partial charge < -0.3 is 27.0 Å². The van der Waals surface area contributed by atoms with Crippen LogP contribution in [0.1, 0.15) is 11.1 Å². The molecule has 0 spiro atoms. The molecule has 0 aliphatic carbocycles. The summed E-state index contributed by atoms with van der Waals surface area (Å²) in [7, 11) is 0. The number of furan rings is 3. The van der Waals surface area contributed by atoms with E-state index in [-0.39, 0.29) is 5.56 Å². The van der Waals surface area contributed by atoms with Crippen LogP contribution in [0.15, 0.2) is 220 Å². The number of hydrogen-bond donors (Lipinski definition) is 0.